The number of carbonyl (C=O) groups excluding carboxylic acids is 4. The van der Waals surface area contributed by atoms with E-state index in [-0.39, 0.29) is 54.4 Å². The van der Waals surface area contributed by atoms with Gasteiger partial charge < -0.3 is 10.1 Å². The van der Waals surface area contributed by atoms with Crippen LogP contribution in [-0.2, 0) is 23.9 Å². The smallest absolute Gasteiger partial charge is 0.306 e. The summed E-state index contributed by atoms with van der Waals surface area (Å²) in [6.45, 7) is 0.0196. The summed E-state index contributed by atoms with van der Waals surface area (Å²) in [5.41, 5.74) is 5.32. The van der Waals surface area contributed by atoms with Gasteiger partial charge in [0.05, 0.1) is 11.8 Å². The van der Waals surface area contributed by atoms with E-state index in [2.05, 4.69) is 29.6 Å². The van der Waals surface area contributed by atoms with Gasteiger partial charge in [0.2, 0.25) is 11.8 Å². The second-order valence-corrected chi connectivity index (χ2v) is 10.5. The van der Waals surface area contributed by atoms with Gasteiger partial charge >= 0.3 is 5.97 Å². The normalized spacial score (nSPS) is 22.2. The fourth-order valence-corrected chi connectivity index (χ4v) is 6.61. The van der Waals surface area contributed by atoms with Gasteiger partial charge in [0.1, 0.15) is 0 Å². The molecule has 39 heavy (non-hydrogen) atoms. The Bertz CT molecular complexity index is 1320. The molecule has 0 radical (unpaired) electrons. The number of likely N-dealkylation sites (tertiary alicyclic amines) is 1. The van der Waals surface area contributed by atoms with Crippen molar-refractivity contribution < 1.29 is 23.9 Å². The summed E-state index contributed by atoms with van der Waals surface area (Å²) >= 11 is 0. The Labute approximate surface area is 227 Å². The Morgan fingerprint density at radius 2 is 1.21 bits per heavy atom. The van der Waals surface area contributed by atoms with E-state index in [4.69, 9.17) is 4.74 Å². The number of imide groups is 1. The third-order valence-electron chi connectivity index (χ3n) is 8.22. The van der Waals surface area contributed by atoms with Crippen molar-refractivity contribution in [3.05, 3.63) is 101 Å². The molecule has 0 unspecified atom stereocenters. The lowest BCUT2D eigenvalue weighted by molar-refractivity contribution is -0.147. The first-order chi connectivity index (χ1) is 19.0. The molecule has 1 N–H and O–H groups in total. The zero-order valence-electron chi connectivity index (χ0n) is 21.5. The van der Waals surface area contributed by atoms with Crippen LogP contribution < -0.4 is 5.32 Å². The van der Waals surface area contributed by atoms with Gasteiger partial charge in [-0.25, -0.2) is 0 Å². The van der Waals surface area contributed by atoms with Crippen molar-refractivity contribution in [3.8, 4) is 0 Å². The summed E-state index contributed by atoms with van der Waals surface area (Å²) < 4.78 is 5.08. The van der Waals surface area contributed by atoms with E-state index < -0.39 is 5.97 Å². The number of rotatable bonds is 9. The molecule has 1 fully saturated rings. The first kappa shape index (κ1) is 25.0. The van der Waals surface area contributed by atoms with Crippen molar-refractivity contribution in [2.45, 2.75) is 37.5 Å². The lowest BCUT2D eigenvalue weighted by atomic mass is 9.55. The average molecular weight is 523 g/mol. The Balaban J connectivity index is 1.01. The Hall–Kier alpha value is -4.26. The van der Waals surface area contributed by atoms with Gasteiger partial charge in [-0.05, 0) is 47.2 Å². The molecule has 0 spiro atoms. The average Bonchev–Trinajstić information content (AvgIpc) is 3.22. The fraction of sp³-hybridized carbons (Fsp3) is 0.312. The van der Waals surface area contributed by atoms with Crippen LogP contribution in [0.3, 0.4) is 0 Å². The maximum absolute atomic E-state index is 13.6. The highest BCUT2D eigenvalue weighted by molar-refractivity contribution is 6.07. The molecule has 3 aromatic rings. The summed E-state index contributed by atoms with van der Waals surface area (Å²) in [4.78, 5) is 52.7. The molecule has 7 rings (SSSR count). The van der Waals surface area contributed by atoms with Crippen molar-refractivity contribution in [1.82, 2.24) is 4.90 Å². The van der Waals surface area contributed by atoms with Gasteiger partial charge in [0.25, 0.3) is 5.91 Å². The maximum Gasteiger partial charge on any atom is 0.306 e. The molecule has 4 aliphatic rings. The van der Waals surface area contributed by atoms with Gasteiger partial charge in [-0.3, -0.25) is 24.1 Å². The standard InChI is InChI=1S/C32H30N2O5/c35-25(33-20-11-3-1-4-12-20)19-39-26(36)17-5-2-10-18-34-31(37)29-27-21-13-6-7-14-22(21)28(30(29)32(34)38)24-16-9-8-15-23(24)27/h1,3-4,6-9,11-16,27-30H,2,5,10,17-19H2,(H,33,35)/t27?,28?,29-,30-/m0/s1. The molecule has 2 atom stereocenters. The van der Waals surface area contributed by atoms with Crippen LogP contribution in [0.2, 0.25) is 0 Å². The van der Waals surface area contributed by atoms with Crippen LogP contribution in [0, 0.1) is 11.8 Å². The molecule has 7 nitrogen and oxygen atoms in total. The zero-order chi connectivity index (χ0) is 26.9. The molecule has 7 heteroatoms. The predicted octanol–water partition coefficient (Wildman–Crippen LogP) is 4.62. The van der Waals surface area contributed by atoms with E-state index in [1.54, 1.807) is 24.3 Å². The molecular formula is C32H30N2O5. The first-order valence-electron chi connectivity index (χ1n) is 13.6. The largest absolute Gasteiger partial charge is 0.456 e. The van der Waals surface area contributed by atoms with Crippen LogP contribution in [-0.4, -0.2) is 41.7 Å². The van der Waals surface area contributed by atoms with Gasteiger partial charge in [0.15, 0.2) is 6.61 Å². The van der Waals surface area contributed by atoms with Crippen molar-refractivity contribution in [1.29, 1.82) is 0 Å². The fourth-order valence-electron chi connectivity index (χ4n) is 6.61. The Morgan fingerprint density at radius 1 is 0.692 bits per heavy atom. The van der Waals surface area contributed by atoms with E-state index in [9.17, 15) is 19.2 Å². The van der Waals surface area contributed by atoms with E-state index in [1.807, 2.05) is 30.3 Å². The molecule has 198 valence electrons. The second-order valence-electron chi connectivity index (χ2n) is 10.5. The molecule has 1 heterocycles. The molecular weight excluding hydrogens is 492 g/mol. The van der Waals surface area contributed by atoms with Crippen LogP contribution in [0.4, 0.5) is 5.69 Å². The minimum atomic E-state index is -0.440. The number of ether oxygens (including phenoxy) is 1. The number of benzene rings is 3. The molecule has 0 aromatic heterocycles. The van der Waals surface area contributed by atoms with Crippen molar-refractivity contribution >= 4 is 29.4 Å². The Morgan fingerprint density at radius 3 is 1.74 bits per heavy atom. The molecule has 2 bridgehead atoms. The van der Waals surface area contributed by atoms with Gasteiger partial charge in [0, 0.05) is 30.5 Å². The topological polar surface area (TPSA) is 92.8 Å². The van der Waals surface area contributed by atoms with Gasteiger partial charge in [-0.1, -0.05) is 73.2 Å². The number of nitrogens with zero attached hydrogens (tertiary/aromatic N) is 1. The summed E-state index contributed by atoms with van der Waals surface area (Å²) in [5.74, 6) is -1.88. The number of anilines is 1. The van der Waals surface area contributed by atoms with Gasteiger partial charge in [-0.15, -0.1) is 0 Å². The Kier molecular flexibility index (Phi) is 6.73. The lowest BCUT2D eigenvalue weighted by Crippen LogP contribution is -2.41. The first-order valence-corrected chi connectivity index (χ1v) is 13.6. The molecule has 0 saturated carbocycles. The van der Waals surface area contributed by atoms with Crippen molar-refractivity contribution in [2.75, 3.05) is 18.5 Å². The lowest BCUT2D eigenvalue weighted by Gasteiger charge is -2.45. The molecule has 1 saturated heterocycles. The third-order valence-corrected chi connectivity index (χ3v) is 8.22. The van der Waals surface area contributed by atoms with E-state index in [0.29, 0.717) is 31.5 Å². The van der Waals surface area contributed by atoms with Crippen LogP contribution in [0.25, 0.3) is 0 Å². The minimum absolute atomic E-state index is 0.0761. The summed E-state index contributed by atoms with van der Waals surface area (Å²) in [5, 5.41) is 2.67. The third kappa shape index (κ3) is 4.52. The number of hydrogen-bond acceptors (Lipinski definition) is 5. The minimum Gasteiger partial charge on any atom is -0.456 e. The predicted molar refractivity (Wildman–Crippen MR) is 145 cm³/mol. The highest BCUT2D eigenvalue weighted by Crippen LogP contribution is 2.60. The monoisotopic (exact) mass is 522 g/mol. The van der Waals surface area contributed by atoms with Crippen molar-refractivity contribution in [2.24, 2.45) is 11.8 Å². The summed E-state index contributed by atoms with van der Waals surface area (Å²) in [6, 6.07) is 25.4. The quantitative estimate of drug-likeness (QED) is 0.252. The summed E-state index contributed by atoms with van der Waals surface area (Å²) in [6.07, 6.45) is 2.03. The van der Waals surface area contributed by atoms with Crippen LogP contribution in [0.1, 0.15) is 59.8 Å². The molecule has 1 aliphatic heterocycles. The zero-order valence-corrected chi connectivity index (χ0v) is 21.5. The highest BCUT2D eigenvalue weighted by atomic mass is 16.5. The SMILES string of the molecule is O=C(COC(=O)CCCCCN1C(=O)[C@H]2C3c4ccccc4C(c4ccccc43)[C@@H]2C1=O)Nc1ccccc1. The van der Waals surface area contributed by atoms with E-state index in [1.165, 1.54) is 27.2 Å². The van der Waals surface area contributed by atoms with Crippen LogP contribution in [0.5, 0.6) is 0 Å². The maximum atomic E-state index is 13.6. The van der Waals surface area contributed by atoms with Crippen LogP contribution in [0.15, 0.2) is 78.9 Å². The molecule has 3 aromatic carbocycles. The number of unbranched alkanes of at least 4 members (excludes halogenated alkanes) is 2. The highest BCUT2D eigenvalue weighted by Gasteiger charge is 2.61. The number of esters is 1. The number of amides is 3. The number of para-hydroxylation sites is 1. The van der Waals surface area contributed by atoms with Crippen molar-refractivity contribution in [3.63, 3.8) is 0 Å². The molecule has 3 aliphatic carbocycles. The van der Waals surface area contributed by atoms with Crippen LogP contribution >= 0.6 is 0 Å². The summed E-state index contributed by atoms with van der Waals surface area (Å²) in [7, 11) is 0. The van der Waals surface area contributed by atoms with E-state index in [0.717, 1.165) is 0 Å². The number of nitrogens with one attached hydrogen (secondary N) is 1. The second kappa shape index (κ2) is 10.5. The molecule has 3 amide bonds. The number of carbonyl (C=O) groups is 4. The number of hydrogen-bond donors (Lipinski definition) is 1. The van der Waals surface area contributed by atoms with Gasteiger partial charge in [-0.2, -0.15) is 0 Å². The van der Waals surface area contributed by atoms with E-state index >= 15 is 0 Å².